The van der Waals surface area contributed by atoms with Crippen molar-refractivity contribution in [2.24, 2.45) is 0 Å². The summed E-state index contributed by atoms with van der Waals surface area (Å²) in [6.07, 6.45) is 0.235. The number of carbonyl (C=O) groups is 2. The van der Waals surface area contributed by atoms with Crippen LogP contribution >= 0.6 is 0 Å². The van der Waals surface area contributed by atoms with E-state index in [0.29, 0.717) is 17.2 Å². The van der Waals surface area contributed by atoms with Crippen LogP contribution in [0.15, 0.2) is 48.5 Å². The molecule has 0 aliphatic carbocycles. The van der Waals surface area contributed by atoms with Gasteiger partial charge in [-0.05, 0) is 12.1 Å². The Kier molecular flexibility index (Phi) is 5.40. The number of para-hydroxylation sites is 1. The van der Waals surface area contributed by atoms with Crippen molar-refractivity contribution in [3.05, 3.63) is 48.5 Å². The Balaban J connectivity index is 1.48. The lowest BCUT2D eigenvalue weighted by Gasteiger charge is -2.35. The van der Waals surface area contributed by atoms with Crippen molar-refractivity contribution in [1.82, 2.24) is 0 Å². The molecule has 2 fully saturated rings. The van der Waals surface area contributed by atoms with E-state index < -0.39 is 0 Å². The van der Waals surface area contributed by atoms with Gasteiger partial charge in [-0.15, -0.1) is 0 Å². The van der Waals surface area contributed by atoms with Gasteiger partial charge in [-0.2, -0.15) is 0 Å². The predicted octanol–water partition coefficient (Wildman–Crippen LogP) is 0.741. The Morgan fingerprint density at radius 1 is 0.897 bits per heavy atom. The highest BCUT2D eigenvalue weighted by Gasteiger charge is 2.46. The number of nitrogens with zero attached hydrogens (tertiary/aromatic N) is 2. The molecule has 2 amide bonds. The van der Waals surface area contributed by atoms with E-state index >= 15 is 0 Å². The van der Waals surface area contributed by atoms with Gasteiger partial charge in [-0.1, -0.05) is 18.2 Å². The predicted molar refractivity (Wildman–Crippen MR) is 110 cm³/mol. The number of hydrogen-bond donors (Lipinski definition) is 1. The summed E-state index contributed by atoms with van der Waals surface area (Å²) < 4.78 is 10.6. The summed E-state index contributed by atoms with van der Waals surface area (Å²) in [6.45, 7) is 3.39. The Bertz CT molecular complexity index is 872. The third kappa shape index (κ3) is 3.78. The lowest BCUT2D eigenvalue weighted by molar-refractivity contribution is -0.915. The molecule has 0 unspecified atom stereocenters. The number of methoxy groups -OCH3 is 2. The monoisotopic (exact) mass is 396 g/mol. The van der Waals surface area contributed by atoms with Crippen molar-refractivity contribution < 1.29 is 24.0 Å². The molecule has 1 N–H and O–H groups in total. The van der Waals surface area contributed by atoms with Crippen LogP contribution in [0, 0.1) is 0 Å². The van der Waals surface area contributed by atoms with Gasteiger partial charge in [0, 0.05) is 23.9 Å². The van der Waals surface area contributed by atoms with Gasteiger partial charge < -0.3 is 19.3 Å². The second-order valence-corrected chi connectivity index (χ2v) is 7.38. The average Bonchev–Trinajstić information content (AvgIpc) is 3.08. The molecule has 2 aromatic carbocycles. The molecule has 0 bridgehead atoms. The topological polar surface area (TPSA) is 63.5 Å². The molecule has 2 aliphatic rings. The van der Waals surface area contributed by atoms with Gasteiger partial charge in [0.15, 0.2) is 6.04 Å². The van der Waals surface area contributed by atoms with E-state index in [9.17, 15) is 9.59 Å². The van der Waals surface area contributed by atoms with Gasteiger partial charge in [0.05, 0.1) is 52.5 Å². The Morgan fingerprint density at radius 2 is 1.52 bits per heavy atom. The molecule has 29 heavy (non-hydrogen) atoms. The third-order valence-electron chi connectivity index (χ3n) is 5.76. The minimum Gasteiger partial charge on any atom is -0.497 e. The van der Waals surface area contributed by atoms with Crippen molar-refractivity contribution in [2.45, 2.75) is 12.5 Å². The fourth-order valence-corrected chi connectivity index (χ4v) is 4.18. The van der Waals surface area contributed by atoms with Gasteiger partial charge in [-0.3, -0.25) is 9.59 Å². The van der Waals surface area contributed by atoms with Crippen LogP contribution in [-0.4, -0.2) is 58.3 Å². The number of imide groups is 1. The van der Waals surface area contributed by atoms with Gasteiger partial charge in [0.1, 0.15) is 11.5 Å². The first-order chi connectivity index (χ1) is 14.1. The van der Waals surface area contributed by atoms with Crippen LogP contribution in [0.1, 0.15) is 6.42 Å². The minimum atomic E-state index is -0.336. The molecule has 7 nitrogen and oxygen atoms in total. The molecule has 2 saturated heterocycles. The number of rotatable bonds is 5. The fraction of sp³-hybridized carbons (Fsp3) is 0.364. The third-order valence-corrected chi connectivity index (χ3v) is 5.76. The lowest BCUT2D eigenvalue weighted by Crippen LogP contribution is -3.19. The van der Waals surface area contributed by atoms with Crippen LogP contribution in [0.2, 0.25) is 0 Å². The largest absolute Gasteiger partial charge is 0.497 e. The summed E-state index contributed by atoms with van der Waals surface area (Å²) in [5, 5.41) is 0. The van der Waals surface area contributed by atoms with E-state index in [1.807, 2.05) is 18.2 Å². The van der Waals surface area contributed by atoms with E-state index in [-0.39, 0.29) is 24.3 Å². The SMILES string of the molecule is COc1cc(OC)cc(N2C(=O)C[C@H]([NH+]3CCN(c4ccccc4)CC3)C2=O)c1. The van der Waals surface area contributed by atoms with Crippen LogP contribution in [0.4, 0.5) is 11.4 Å². The maximum atomic E-state index is 13.2. The first-order valence-corrected chi connectivity index (χ1v) is 9.85. The van der Waals surface area contributed by atoms with Gasteiger partial charge in [0.25, 0.3) is 5.91 Å². The molecule has 1 atom stereocenters. The number of benzene rings is 2. The lowest BCUT2D eigenvalue weighted by atomic mass is 10.1. The molecule has 4 rings (SSSR count). The molecule has 7 heteroatoms. The zero-order chi connectivity index (χ0) is 20.4. The highest BCUT2D eigenvalue weighted by atomic mass is 16.5. The number of amides is 2. The summed E-state index contributed by atoms with van der Waals surface area (Å²) in [5.41, 5.74) is 1.70. The van der Waals surface area contributed by atoms with Gasteiger partial charge in [-0.25, -0.2) is 4.90 Å². The Hall–Kier alpha value is -3.06. The van der Waals surface area contributed by atoms with Gasteiger partial charge >= 0.3 is 0 Å². The first kappa shape index (κ1) is 19.3. The number of nitrogens with one attached hydrogen (secondary N) is 1. The minimum absolute atomic E-state index is 0.145. The van der Waals surface area contributed by atoms with Crippen LogP contribution < -0.4 is 24.2 Å². The number of piperazine rings is 1. The molecule has 0 saturated carbocycles. The maximum absolute atomic E-state index is 13.2. The Labute approximate surface area is 170 Å². The number of hydrogen-bond acceptors (Lipinski definition) is 5. The fourth-order valence-electron chi connectivity index (χ4n) is 4.18. The number of anilines is 2. The van der Waals surface area contributed by atoms with Gasteiger partial charge in [0.2, 0.25) is 5.91 Å². The Morgan fingerprint density at radius 3 is 2.10 bits per heavy atom. The molecule has 2 aromatic rings. The standard InChI is InChI=1S/C22H25N3O4/c1-28-18-12-17(13-19(14-18)29-2)25-21(26)15-20(22(25)27)24-10-8-23(9-11-24)16-6-4-3-5-7-16/h3-7,12-14,20H,8-11,15H2,1-2H3/p+1/t20-/m0/s1. The normalized spacial score (nSPS) is 20.3. The van der Waals surface area contributed by atoms with E-state index in [4.69, 9.17) is 9.47 Å². The van der Waals surface area contributed by atoms with E-state index in [1.165, 1.54) is 15.5 Å². The quantitative estimate of drug-likeness (QED) is 0.756. The van der Waals surface area contributed by atoms with E-state index in [0.717, 1.165) is 26.2 Å². The zero-order valence-corrected chi connectivity index (χ0v) is 16.8. The van der Waals surface area contributed by atoms with Crippen molar-refractivity contribution in [3.63, 3.8) is 0 Å². The summed E-state index contributed by atoms with van der Waals surface area (Å²) in [5.74, 6) is 0.779. The zero-order valence-electron chi connectivity index (χ0n) is 16.8. The molecule has 2 aliphatic heterocycles. The number of quaternary nitrogens is 1. The van der Waals surface area contributed by atoms with Crippen LogP contribution in [0.3, 0.4) is 0 Å². The second-order valence-electron chi connectivity index (χ2n) is 7.38. The van der Waals surface area contributed by atoms with Crippen molar-refractivity contribution >= 4 is 23.2 Å². The molecular formula is C22H26N3O4+. The summed E-state index contributed by atoms with van der Waals surface area (Å²) in [7, 11) is 3.09. The van der Waals surface area contributed by atoms with E-state index in [2.05, 4.69) is 17.0 Å². The molecule has 0 aromatic heterocycles. The molecule has 2 heterocycles. The van der Waals surface area contributed by atoms with Crippen LogP contribution in [-0.2, 0) is 9.59 Å². The summed E-state index contributed by atoms with van der Waals surface area (Å²) in [6, 6.07) is 15.1. The molecule has 0 spiro atoms. The van der Waals surface area contributed by atoms with Crippen molar-refractivity contribution in [3.8, 4) is 11.5 Å². The van der Waals surface area contributed by atoms with Crippen molar-refractivity contribution in [2.75, 3.05) is 50.2 Å². The summed E-state index contributed by atoms with van der Waals surface area (Å²) >= 11 is 0. The van der Waals surface area contributed by atoms with Crippen LogP contribution in [0.25, 0.3) is 0 Å². The molecule has 152 valence electrons. The smallest absolute Gasteiger partial charge is 0.292 e. The number of carbonyl (C=O) groups excluding carboxylic acids is 2. The highest BCUT2D eigenvalue weighted by molar-refractivity contribution is 6.22. The summed E-state index contributed by atoms with van der Waals surface area (Å²) in [4.78, 5) is 30.7. The first-order valence-electron chi connectivity index (χ1n) is 9.85. The molecular weight excluding hydrogens is 370 g/mol. The highest BCUT2D eigenvalue weighted by Crippen LogP contribution is 2.31. The maximum Gasteiger partial charge on any atom is 0.292 e. The second kappa shape index (κ2) is 8.13. The van der Waals surface area contributed by atoms with Crippen LogP contribution in [0.5, 0.6) is 11.5 Å². The molecule has 0 radical (unpaired) electrons. The number of ether oxygens (including phenoxy) is 2. The average molecular weight is 396 g/mol. The van der Waals surface area contributed by atoms with E-state index in [1.54, 1.807) is 32.4 Å². The van der Waals surface area contributed by atoms with Crippen molar-refractivity contribution in [1.29, 1.82) is 0 Å².